The van der Waals surface area contributed by atoms with Crippen molar-refractivity contribution in [3.63, 3.8) is 0 Å². The van der Waals surface area contributed by atoms with E-state index in [-0.39, 0.29) is 5.54 Å². The lowest BCUT2D eigenvalue weighted by Crippen LogP contribution is -2.64. The minimum Gasteiger partial charge on any atom is -0.329 e. The average Bonchev–Trinajstić information content (AvgIpc) is 2.54. The van der Waals surface area contributed by atoms with Crippen molar-refractivity contribution < 1.29 is 0 Å². The van der Waals surface area contributed by atoms with Crippen molar-refractivity contribution in [2.75, 3.05) is 33.2 Å². The molecule has 2 unspecified atom stereocenters. The van der Waals surface area contributed by atoms with E-state index in [0.717, 1.165) is 19.5 Å². The first-order valence-electron chi connectivity index (χ1n) is 8.40. The molecular weight excluding hydrogens is 258 g/mol. The lowest BCUT2D eigenvalue weighted by atomic mass is 9.76. The van der Waals surface area contributed by atoms with Gasteiger partial charge in [-0.25, -0.2) is 0 Å². The van der Waals surface area contributed by atoms with Crippen molar-refractivity contribution >= 4 is 0 Å². The number of fused-ring (bicyclic) bond motifs is 1. The summed E-state index contributed by atoms with van der Waals surface area (Å²) in [5.74, 6) is 0. The van der Waals surface area contributed by atoms with E-state index in [0.29, 0.717) is 6.04 Å². The number of hydrogen-bond acceptors (Lipinski definition) is 3. The van der Waals surface area contributed by atoms with Crippen molar-refractivity contribution in [1.29, 1.82) is 0 Å². The van der Waals surface area contributed by atoms with Gasteiger partial charge in [-0.3, -0.25) is 4.90 Å². The standard InChI is InChI=1S/C18H29N3/c1-3-17-13-21(11-10-20(17)2)18(14-19)9-8-15-6-4-5-7-16(15)12-18/h4-7,17H,3,8-14,19H2,1-2H3. The highest BCUT2D eigenvalue weighted by Gasteiger charge is 2.41. The molecular formula is C18H29N3. The van der Waals surface area contributed by atoms with Gasteiger partial charge < -0.3 is 10.6 Å². The van der Waals surface area contributed by atoms with Gasteiger partial charge in [0.2, 0.25) is 0 Å². The van der Waals surface area contributed by atoms with Crippen LogP contribution in [-0.2, 0) is 12.8 Å². The molecule has 3 heteroatoms. The molecule has 1 aromatic carbocycles. The van der Waals surface area contributed by atoms with E-state index in [1.165, 1.54) is 43.5 Å². The number of rotatable bonds is 3. The summed E-state index contributed by atoms with van der Waals surface area (Å²) >= 11 is 0. The van der Waals surface area contributed by atoms with Crippen molar-refractivity contribution in [2.24, 2.45) is 5.73 Å². The lowest BCUT2D eigenvalue weighted by molar-refractivity contribution is 0.00446. The Bertz CT molecular complexity index is 487. The predicted octanol–water partition coefficient (Wildman–Crippen LogP) is 1.90. The molecule has 1 aliphatic carbocycles. The van der Waals surface area contributed by atoms with E-state index in [4.69, 9.17) is 5.73 Å². The first-order valence-corrected chi connectivity index (χ1v) is 8.40. The Morgan fingerprint density at radius 2 is 2.00 bits per heavy atom. The fourth-order valence-corrected chi connectivity index (χ4v) is 4.18. The minimum atomic E-state index is 0.184. The molecule has 1 aliphatic heterocycles. The van der Waals surface area contributed by atoms with E-state index in [1.54, 1.807) is 0 Å². The fraction of sp³-hybridized carbons (Fsp3) is 0.667. The van der Waals surface area contributed by atoms with Crippen molar-refractivity contribution in [3.05, 3.63) is 35.4 Å². The van der Waals surface area contributed by atoms with Gasteiger partial charge in [0, 0.05) is 37.8 Å². The first kappa shape index (κ1) is 15.0. The van der Waals surface area contributed by atoms with Crippen LogP contribution in [0.5, 0.6) is 0 Å². The van der Waals surface area contributed by atoms with E-state index in [2.05, 4.69) is 48.0 Å². The smallest absolute Gasteiger partial charge is 0.0376 e. The third-order valence-corrected chi connectivity index (χ3v) is 5.80. The summed E-state index contributed by atoms with van der Waals surface area (Å²) < 4.78 is 0. The van der Waals surface area contributed by atoms with Gasteiger partial charge in [-0.1, -0.05) is 31.2 Å². The van der Waals surface area contributed by atoms with Gasteiger partial charge in [0.15, 0.2) is 0 Å². The van der Waals surface area contributed by atoms with Crippen LogP contribution in [0.2, 0.25) is 0 Å². The molecule has 21 heavy (non-hydrogen) atoms. The number of aryl methyl sites for hydroxylation is 1. The van der Waals surface area contributed by atoms with E-state index in [9.17, 15) is 0 Å². The Balaban J connectivity index is 1.82. The van der Waals surface area contributed by atoms with E-state index >= 15 is 0 Å². The summed E-state index contributed by atoms with van der Waals surface area (Å²) in [5, 5.41) is 0. The molecule has 1 heterocycles. The third kappa shape index (κ3) is 2.75. The molecule has 1 fully saturated rings. The molecule has 0 radical (unpaired) electrons. The minimum absolute atomic E-state index is 0.184. The number of benzene rings is 1. The quantitative estimate of drug-likeness (QED) is 0.921. The highest BCUT2D eigenvalue weighted by atomic mass is 15.3. The third-order valence-electron chi connectivity index (χ3n) is 5.80. The van der Waals surface area contributed by atoms with Crippen LogP contribution in [-0.4, -0.2) is 54.6 Å². The Kier molecular flexibility index (Phi) is 4.34. The second-order valence-corrected chi connectivity index (χ2v) is 6.86. The Morgan fingerprint density at radius 1 is 1.24 bits per heavy atom. The maximum Gasteiger partial charge on any atom is 0.0376 e. The van der Waals surface area contributed by atoms with Crippen LogP contribution in [0.4, 0.5) is 0 Å². The molecule has 0 bridgehead atoms. The molecule has 0 spiro atoms. The second kappa shape index (κ2) is 6.07. The van der Waals surface area contributed by atoms with Gasteiger partial charge in [-0.05, 0) is 43.9 Å². The maximum absolute atomic E-state index is 6.29. The molecule has 1 saturated heterocycles. The largest absolute Gasteiger partial charge is 0.329 e. The zero-order valence-corrected chi connectivity index (χ0v) is 13.5. The molecule has 116 valence electrons. The number of likely N-dealkylation sites (N-methyl/N-ethyl adjacent to an activating group) is 1. The SMILES string of the molecule is CCC1CN(C2(CN)CCc3ccccc3C2)CCN1C. The molecule has 0 amide bonds. The molecule has 3 nitrogen and oxygen atoms in total. The van der Waals surface area contributed by atoms with E-state index in [1.807, 2.05) is 0 Å². The zero-order chi connectivity index (χ0) is 14.9. The summed E-state index contributed by atoms with van der Waals surface area (Å²) in [5.41, 5.74) is 9.52. The van der Waals surface area contributed by atoms with Gasteiger partial charge in [0.1, 0.15) is 0 Å². The number of nitrogens with two attached hydrogens (primary N) is 1. The highest BCUT2D eigenvalue weighted by molar-refractivity contribution is 5.32. The van der Waals surface area contributed by atoms with Gasteiger partial charge in [0.05, 0.1) is 0 Å². The summed E-state index contributed by atoms with van der Waals surface area (Å²) in [6.07, 6.45) is 4.74. The summed E-state index contributed by atoms with van der Waals surface area (Å²) in [6.45, 7) is 6.58. The topological polar surface area (TPSA) is 32.5 Å². The Labute approximate surface area is 129 Å². The Morgan fingerprint density at radius 3 is 2.71 bits per heavy atom. The number of piperazine rings is 1. The average molecular weight is 287 g/mol. The predicted molar refractivity (Wildman–Crippen MR) is 88.5 cm³/mol. The van der Waals surface area contributed by atoms with Crippen molar-refractivity contribution in [2.45, 2.75) is 44.2 Å². The van der Waals surface area contributed by atoms with Crippen molar-refractivity contribution in [3.8, 4) is 0 Å². The normalized spacial score (nSPS) is 31.1. The van der Waals surface area contributed by atoms with E-state index < -0.39 is 0 Å². The second-order valence-electron chi connectivity index (χ2n) is 6.86. The van der Waals surface area contributed by atoms with Crippen LogP contribution in [0.15, 0.2) is 24.3 Å². The Hall–Kier alpha value is -0.900. The van der Waals surface area contributed by atoms with Crippen LogP contribution in [0.3, 0.4) is 0 Å². The molecule has 3 rings (SSSR count). The highest BCUT2D eigenvalue weighted by Crippen LogP contribution is 2.34. The number of nitrogens with zero attached hydrogens (tertiary/aromatic N) is 2. The zero-order valence-electron chi connectivity index (χ0n) is 13.5. The molecule has 0 aromatic heterocycles. The molecule has 2 atom stereocenters. The lowest BCUT2D eigenvalue weighted by Gasteiger charge is -2.51. The summed E-state index contributed by atoms with van der Waals surface area (Å²) in [7, 11) is 2.26. The van der Waals surface area contributed by atoms with Crippen LogP contribution >= 0.6 is 0 Å². The monoisotopic (exact) mass is 287 g/mol. The van der Waals surface area contributed by atoms with Gasteiger partial charge >= 0.3 is 0 Å². The van der Waals surface area contributed by atoms with Crippen LogP contribution < -0.4 is 5.73 Å². The molecule has 0 saturated carbocycles. The van der Waals surface area contributed by atoms with Gasteiger partial charge in [-0.15, -0.1) is 0 Å². The fourth-order valence-electron chi connectivity index (χ4n) is 4.18. The van der Waals surface area contributed by atoms with Crippen LogP contribution in [0, 0.1) is 0 Å². The number of hydrogen-bond donors (Lipinski definition) is 1. The van der Waals surface area contributed by atoms with Crippen LogP contribution in [0.25, 0.3) is 0 Å². The molecule has 2 aliphatic rings. The summed E-state index contributed by atoms with van der Waals surface area (Å²) in [6, 6.07) is 9.60. The molecule has 1 aromatic rings. The van der Waals surface area contributed by atoms with Gasteiger partial charge in [0.25, 0.3) is 0 Å². The first-order chi connectivity index (χ1) is 10.2. The van der Waals surface area contributed by atoms with Crippen molar-refractivity contribution in [1.82, 2.24) is 9.80 Å². The maximum atomic E-state index is 6.29. The summed E-state index contributed by atoms with van der Waals surface area (Å²) in [4.78, 5) is 5.22. The van der Waals surface area contributed by atoms with Crippen LogP contribution in [0.1, 0.15) is 30.9 Å². The molecule has 2 N–H and O–H groups in total. The van der Waals surface area contributed by atoms with Gasteiger partial charge in [-0.2, -0.15) is 0 Å².